The van der Waals surface area contributed by atoms with Gasteiger partial charge in [0.15, 0.2) is 0 Å². The van der Waals surface area contributed by atoms with Crippen molar-refractivity contribution < 1.29 is 9.59 Å². The highest BCUT2D eigenvalue weighted by Crippen LogP contribution is 2.32. The molecule has 2 amide bonds. The average molecular weight is 398 g/mol. The molecule has 0 atom stereocenters. The number of halogens is 2. The van der Waals surface area contributed by atoms with Crippen molar-refractivity contribution in [1.29, 1.82) is 0 Å². The Morgan fingerprint density at radius 2 is 1.80 bits per heavy atom. The molecule has 0 spiro atoms. The molecule has 1 aromatic carbocycles. The van der Waals surface area contributed by atoms with Gasteiger partial charge in [-0.3, -0.25) is 9.59 Å². The van der Waals surface area contributed by atoms with Gasteiger partial charge in [-0.2, -0.15) is 0 Å². The highest BCUT2D eigenvalue weighted by atomic mass is 35.5. The number of carbonyl (C=O) groups excluding carboxylic acids is 2. The van der Waals surface area contributed by atoms with Gasteiger partial charge in [-0.05, 0) is 43.2 Å². The molecular weight excluding hydrogens is 381 g/mol. The number of hydrogen-bond donors (Lipinski definition) is 2. The summed E-state index contributed by atoms with van der Waals surface area (Å²) in [5, 5.41) is 2.81. The van der Waals surface area contributed by atoms with E-state index >= 15 is 0 Å². The van der Waals surface area contributed by atoms with Crippen LogP contribution in [0, 0.1) is 5.92 Å². The molecular formula is C17H17Cl2N3O2S. The first-order chi connectivity index (χ1) is 11.9. The lowest BCUT2D eigenvalue weighted by molar-refractivity contribution is -0.122. The van der Waals surface area contributed by atoms with Gasteiger partial charge in [-0.1, -0.05) is 23.2 Å². The zero-order valence-corrected chi connectivity index (χ0v) is 15.6. The van der Waals surface area contributed by atoms with Crippen molar-refractivity contribution in [2.75, 3.05) is 23.3 Å². The summed E-state index contributed by atoms with van der Waals surface area (Å²) < 4.78 is 0.848. The Morgan fingerprint density at radius 1 is 1.16 bits per heavy atom. The highest BCUT2D eigenvalue weighted by Gasteiger charge is 2.23. The molecule has 8 heteroatoms. The Kier molecular flexibility index (Phi) is 5.51. The molecule has 3 N–H and O–H groups in total. The Hall–Kier alpha value is -1.76. The Labute approximate surface area is 159 Å². The maximum Gasteiger partial charge on any atom is 0.258 e. The number of hydrogen-bond acceptors (Lipinski definition) is 4. The summed E-state index contributed by atoms with van der Waals surface area (Å²) in [5.41, 5.74) is 7.47. The maximum atomic E-state index is 12.2. The van der Waals surface area contributed by atoms with Crippen LogP contribution in [0.1, 0.15) is 23.2 Å². The molecule has 2 heterocycles. The number of benzene rings is 1. The number of piperidine rings is 1. The normalized spacial score (nSPS) is 15.2. The molecule has 1 aromatic heterocycles. The molecule has 1 aliphatic rings. The number of carbonyl (C=O) groups is 2. The molecule has 3 rings (SSSR count). The number of nitrogens with zero attached hydrogens (tertiary/aromatic N) is 1. The van der Waals surface area contributed by atoms with E-state index in [0.717, 1.165) is 43.0 Å². The van der Waals surface area contributed by atoms with Gasteiger partial charge in [0.25, 0.3) is 5.91 Å². The minimum Gasteiger partial charge on any atom is -0.371 e. The molecule has 1 aliphatic heterocycles. The first-order valence-electron chi connectivity index (χ1n) is 7.84. The smallest absolute Gasteiger partial charge is 0.258 e. The molecule has 0 radical (unpaired) electrons. The van der Waals surface area contributed by atoms with Crippen LogP contribution in [0.3, 0.4) is 0 Å². The summed E-state index contributed by atoms with van der Waals surface area (Å²) in [4.78, 5) is 25.7. The summed E-state index contributed by atoms with van der Waals surface area (Å²) in [6.07, 6.45) is 1.54. The zero-order chi connectivity index (χ0) is 18.0. The summed E-state index contributed by atoms with van der Waals surface area (Å²) in [7, 11) is 0. The molecule has 2 aromatic rings. The summed E-state index contributed by atoms with van der Waals surface area (Å²) in [6.45, 7) is 1.59. The van der Waals surface area contributed by atoms with Crippen LogP contribution in [0.5, 0.6) is 0 Å². The number of nitrogens with two attached hydrogens (primary N) is 1. The molecule has 0 unspecified atom stereocenters. The lowest BCUT2D eigenvalue weighted by Crippen LogP contribution is -2.38. The van der Waals surface area contributed by atoms with E-state index in [-0.39, 0.29) is 17.7 Å². The second-order valence-electron chi connectivity index (χ2n) is 5.90. The van der Waals surface area contributed by atoms with E-state index in [9.17, 15) is 9.59 Å². The van der Waals surface area contributed by atoms with Crippen LogP contribution in [0.4, 0.5) is 11.4 Å². The van der Waals surface area contributed by atoms with Gasteiger partial charge < -0.3 is 16.0 Å². The van der Waals surface area contributed by atoms with Crippen LogP contribution in [0.2, 0.25) is 8.67 Å². The van der Waals surface area contributed by atoms with Crippen LogP contribution in [0.15, 0.2) is 30.3 Å². The maximum absolute atomic E-state index is 12.2. The van der Waals surface area contributed by atoms with Crippen molar-refractivity contribution in [2.24, 2.45) is 11.7 Å². The standard InChI is InChI=1S/C17H17Cl2N3O2S/c18-14-9-13(15(19)25-14)17(24)21-11-1-3-12(4-2-11)22-7-5-10(6-8-22)16(20)23/h1-4,9-10H,5-8H2,(H2,20,23)(H,21,24). The van der Waals surface area contributed by atoms with E-state index < -0.39 is 0 Å². The topological polar surface area (TPSA) is 75.4 Å². The first-order valence-corrected chi connectivity index (χ1v) is 9.42. The SMILES string of the molecule is NC(=O)C1CCN(c2ccc(NC(=O)c3cc(Cl)sc3Cl)cc2)CC1. The quantitative estimate of drug-likeness (QED) is 0.817. The predicted octanol–water partition coefficient (Wildman–Crippen LogP) is 4.01. The van der Waals surface area contributed by atoms with Gasteiger partial charge in [-0.15, -0.1) is 11.3 Å². The van der Waals surface area contributed by atoms with Gasteiger partial charge in [0.2, 0.25) is 5.91 Å². The van der Waals surface area contributed by atoms with Crippen molar-refractivity contribution in [3.63, 3.8) is 0 Å². The van der Waals surface area contributed by atoms with Crippen molar-refractivity contribution in [3.8, 4) is 0 Å². The van der Waals surface area contributed by atoms with Crippen molar-refractivity contribution in [2.45, 2.75) is 12.8 Å². The molecule has 0 saturated carbocycles. The fourth-order valence-corrected chi connectivity index (χ4v) is 4.33. The third-order valence-electron chi connectivity index (χ3n) is 4.29. The summed E-state index contributed by atoms with van der Waals surface area (Å²) >= 11 is 13.0. The Balaban J connectivity index is 1.62. The van der Waals surface area contributed by atoms with Gasteiger partial charge in [-0.25, -0.2) is 0 Å². The summed E-state index contributed by atoms with van der Waals surface area (Å²) in [6, 6.07) is 9.14. The third-order valence-corrected chi connectivity index (χ3v) is 5.78. The molecule has 0 bridgehead atoms. The average Bonchev–Trinajstić information content (AvgIpc) is 2.94. The van der Waals surface area contributed by atoms with Crippen LogP contribution < -0.4 is 16.0 Å². The van der Waals surface area contributed by atoms with E-state index in [1.807, 2.05) is 24.3 Å². The third kappa shape index (κ3) is 4.26. The van der Waals surface area contributed by atoms with Crippen molar-refractivity contribution in [1.82, 2.24) is 0 Å². The highest BCUT2D eigenvalue weighted by molar-refractivity contribution is 7.20. The number of anilines is 2. The van der Waals surface area contributed by atoms with Gasteiger partial charge in [0.1, 0.15) is 4.34 Å². The van der Waals surface area contributed by atoms with E-state index in [2.05, 4.69) is 10.2 Å². The van der Waals surface area contributed by atoms with E-state index in [1.54, 1.807) is 6.07 Å². The Morgan fingerprint density at radius 3 is 2.32 bits per heavy atom. The monoisotopic (exact) mass is 397 g/mol. The van der Waals surface area contributed by atoms with E-state index in [1.165, 1.54) is 0 Å². The number of primary amides is 1. The second kappa shape index (κ2) is 7.64. The molecule has 25 heavy (non-hydrogen) atoms. The Bertz CT molecular complexity index is 784. The largest absolute Gasteiger partial charge is 0.371 e. The van der Waals surface area contributed by atoms with Crippen LogP contribution in [-0.2, 0) is 4.79 Å². The van der Waals surface area contributed by atoms with E-state index in [4.69, 9.17) is 28.9 Å². The van der Waals surface area contributed by atoms with Crippen molar-refractivity contribution in [3.05, 3.63) is 44.6 Å². The lowest BCUT2D eigenvalue weighted by atomic mass is 9.96. The fraction of sp³-hybridized carbons (Fsp3) is 0.294. The summed E-state index contributed by atoms with van der Waals surface area (Å²) in [5.74, 6) is -0.537. The number of rotatable bonds is 4. The zero-order valence-electron chi connectivity index (χ0n) is 13.3. The van der Waals surface area contributed by atoms with Gasteiger partial charge in [0.05, 0.1) is 9.90 Å². The first kappa shape index (κ1) is 18.0. The minimum absolute atomic E-state index is 0.0306. The van der Waals surface area contributed by atoms with Crippen molar-refractivity contribution >= 4 is 57.7 Å². The predicted molar refractivity (Wildman–Crippen MR) is 103 cm³/mol. The lowest BCUT2D eigenvalue weighted by Gasteiger charge is -2.32. The number of thiophene rings is 1. The van der Waals surface area contributed by atoms with Gasteiger partial charge >= 0.3 is 0 Å². The van der Waals surface area contributed by atoms with Gasteiger partial charge in [0, 0.05) is 30.4 Å². The van der Waals surface area contributed by atoms with E-state index in [0.29, 0.717) is 19.9 Å². The molecule has 1 fully saturated rings. The van der Waals surface area contributed by atoms with Crippen LogP contribution in [-0.4, -0.2) is 24.9 Å². The minimum atomic E-state index is -0.289. The molecule has 5 nitrogen and oxygen atoms in total. The molecule has 0 aliphatic carbocycles. The molecule has 1 saturated heterocycles. The second-order valence-corrected chi connectivity index (χ2v) is 8.19. The van der Waals surface area contributed by atoms with Crippen LogP contribution in [0.25, 0.3) is 0 Å². The van der Waals surface area contributed by atoms with Crippen LogP contribution >= 0.6 is 34.5 Å². The molecule has 132 valence electrons. The number of nitrogens with one attached hydrogen (secondary N) is 1. The fourth-order valence-electron chi connectivity index (χ4n) is 2.87. The number of amides is 2.